The molecule has 1 atom stereocenters. The van der Waals surface area contributed by atoms with Gasteiger partial charge in [-0.25, -0.2) is 0 Å². The first-order chi connectivity index (χ1) is 24.0. The molecule has 0 aliphatic heterocycles. The molecular weight excluding hydrogens is 604 g/mol. The lowest BCUT2D eigenvalue weighted by molar-refractivity contribution is -0.206. The van der Waals surface area contributed by atoms with Crippen LogP contribution in [-0.2, 0) is 14.3 Å². The van der Waals surface area contributed by atoms with Crippen LogP contribution in [0.4, 0.5) is 0 Å². The van der Waals surface area contributed by atoms with Crippen LogP contribution in [0.3, 0.4) is 0 Å². The maximum absolute atomic E-state index is 11.7. The molecule has 0 aromatic carbocycles. The lowest BCUT2D eigenvalue weighted by Crippen LogP contribution is -2.38. The van der Waals surface area contributed by atoms with Crippen molar-refractivity contribution in [3.05, 3.63) is 23.8 Å². The smallest absolute Gasteiger partial charge is 0.310 e. The third kappa shape index (κ3) is 27.2. The number of carbonyl (C=O) groups is 1. The highest BCUT2D eigenvalue weighted by molar-refractivity contribution is 5.73. The van der Waals surface area contributed by atoms with E-state index >= 15 is 0 Å². The lowest BCUT2D eigenvalue weighted by Gasteiger charge is -2.35. The third-order valence-electron chi connectivity index (χ3n) is 10.7. The highest BCUT2D eigenvalue weighted by Gasteiger charge is 2.34. The van der Waals surface area contributed by atoms with E-state index in [9.17, 15) is 9.90 Å². The van der Waals surface area contributed by atoms with Gasteiger partial charge >= 0.3 is 5.97 Å². The van der Waals surface area contributed by atoms with Crippen molar-refractivity contribution < 1.29 is 19.4 Å². The molecule has 0 saturated heterocycles. The Labute approximate surface area is 306 Å². The van der Waals surface area contributed by atoms with E-state index in [0.717, 1.165) is 18.4 Å². The van der Waals surface area contributed by atoms with Gasteiger partial charge in [-0.05, 0) is 25.8 Å². The number of carboxylic acid groups (broad SMARTS) is 1. The van der Waals surface area contributed by atoms with Gasteiger partial charge in [-0.1, -0.05) is 224 Å². The van der Waals surface area contributed by atoms with Crippen LogP contribution in [-0.4, -0.2) is 30.1 Å². The fourth-order valence-electron chi connectivity index (χ4n) is 7.21. The largest absolute Gasteiger partial charge is 0.481 e. The zero-order valence-corrected chi connectivity index (χ0v) is 33.2. The SMILES string of the molecule is CCCCCCCCCCCCCCCCCCOC1(OCCCCCCCCCCCCCCCCCC)C=CC=C(C(C)C(=O)O)C1. The molecule has 0 fully saturated rings. The summed E-state index contributed by atoms with van der Waals surface area (Å²) in [5.74, 6) is -2.13. The first kappa shape index (κ1) is 45.9. The number of carboxylic acids is 1. The van der Waals surface area contributed by atoms with Gasteiger partial charge < -0.3 is 14.6 Å². The molecule has 0 amide bonds. The number of hydrogen-bond donors (Lipinski definition) is 1. The normalized spacial score (nSPS) is 14.7. The van der Waals surface area contributed by atoms with Gasteiger partial charge in [-0.15, -0.1) is 0 Å². The predicted octanol–water partition coefficient (Wildman–Crippen LogP) is 14.8. The van der Waals surface area contributed by atoms with Crippen LogP contribution in [0.2, 0.25) is 0 Å². The second kappa shape index (κ2) is 34.0. The summed E-state index contributed by atoms with van der Waals surface area (Å²) in [6, 6.07) is 0. The van der Waals surface area contributed by atoms with E-state index in [4.69, 9.17) is 9.47 Å². The van der Waals surface area contributed by atoms with Crippen molar-refractivity contribution in [3.63, 3.8) is 0 Å². The molecule has 1 aliphatic carbocycles. The van der Waals surface area contributed by atoms with Crippen LogP contribution < -0.4 is 0 Å². The van der Waals surface area contributed by atoms with E-state index in [1.54, 1.807) is 6.92 Å². The molecule has 0 bridgehead atoms. The minimum Gasteiger partial charge on any atom is -0.481 e. The molecule has 0 saturated carbocycles. The summed E-state index contributed by atoms with van der Waals surface area (Å²) in [5.41, 5.74) is 0.883. The van der Waals surface area contributed by atoms with Crippen LogP contribution in [0.5, 0.6) is 0 Å². The Bertz CT molecular complexity index is 749. The summed E-state index contributed by atoms with van der Waals surface area (Å²) >= 11 is 0. The zero-order valence-electron chi connectivity index (χ0n) is 33.2. The monoisotopic (exact) mass is 689 g/mol. The quantitative estimate of drug-likeness (QED) is 0.0518. The van der Waals surface area contributed by atoms with E-state index in [-0.39, 0.29) is 0 Å². The van der Waals surface area contributed by atoms with Crippen molar-refractivity contribution in [3.8, 4) is 0 Å². The lowest BCUT2D eigenvalue weighted by atomic mass is 9.90. The molecule has 1 aliphatic rings. The fraction of sp³-hybridized carbons (Fsp3) is 0.889. The van der Waals surface area contributed by atoms with E-state index in [2.05, 4.69) is 13.8 Å². The number of hydrogen-bond acceptors (Lipinski definition) is 3. The average molecular weight is 689 g/mol. The highest BCUT2D eigenvalue weighted by Crippen LogP contribution is 2.33. The van der Waals surface area contributed by atoms with Crippen LogP contribution in [0.1, 0.15) is 233 Å². The molecule has 0 heterocycles. The van der Waals surface area contributed by atoms with Crippen LogP contribution >= 0.6 is 0 Å². The first-order valence-corrected chi connectivity index (χ1v) is 21.9. The maximum Gasteiger partial charge on any atom is 0.310 e. The molecule has 0 aromatic rings. The molecular formula is C45H84O4. The van der Waals surface area contributed by atoms with Crippen molar-refractivity contribution in [2.75, 3.05) is 13.2 Å². The van der Waals surface area contributed by atoms with Crippen molar-refractivity contribution in [1.29, 1.82) is 0 Å². The average Bonchev–Trinajstić information content (AvgIpc) is 3.10. The number of allylic oxidation sites excluding steroid dienone is 2. The minimum absolute atomic E-state index is 0.509. The Hall–Kier alpha value is -1.13. The molecule has 4 heteroatoms. The molecule has 0 radical (unpaired) electrons. The topological polar surface area (TPSA) is 55.8 Å². The number of rotatable bonds is 38. The molecule has 1 N–H and O–H groups in total. The Balaban J connectivity index is 2.14. The molecule has 49 heavy (non-hydrogen) atoms. The van der Waals surface area contributed by atoms with Gasteiger partial charge in [0.25, 0.3) is 0 Å². The summed E-state index contributed by atoms with van der Waals surface area (Å²) in [5, 5.41) is 9.62. The van der Waals surface area contributed by atoms with E-state index < -0.39 is 17.7 Å². The van der Waals surface area contributed by atoms with Gasteiger partial charge in [0.05, 0.1) is 19.1 Å². The van der Waals surface area contributed by atoms with Gasteiger partial charge in [0.15, 0.2) is 5.79 Å². The highest BCUT2D eigenvalue weighted by atomic mass is 16.7. The molecule has 4 nitrogen and oxygen atoms in total. The van der Waals surface area contributed by atoms with Crippen molar-refractivity contribution >= 4 is 5.97 Å². The summed E-state index contributed by atoms with van der Waals surface area (Å²) in [6.45, 7) is 7.67. The van der Waals surface area contributed by atoms with Gasteiger partial charge in [-0.3, -0.25) is 4.79 Å². The Kier molecular flexibility index (Phi) is 31.8. The summed E-state index contributed by atoms with van der Waals surface area (Å²) < 4.78 is 12.9. The standard InChI is InChI=1S/C45H84O4/c1-4-6-8-10-12-14-16-18-20-22-24-26-28-30-32-34-39-48-45(38-36-37-43(41-45)42(3)44(46)47)49-40-35-33-31-29-27-25-23-21-19-17-15-13-11-9-7-5-2/h36-38,42H,4-35,39-41H2,1-3H3,(H,46,47). The van der Waals surface area contributed by atoms with Crippen molar-refractivity contribution in [1.82, 2.24) is 0 Å². The predicted molar refractivity (Wildman–Crippen MR) is 212 cm³/mol. The second-order valence-electron chi connectivity index (χ2n) is 15.5. The molecule has 1 rings (SSSR count). The van der Waals surface area contributed by atoms with E-state index in [1.165, 1.54) is 193 Å². The maximum atomic E-state index is 11.7. The molecule has 1 unspecified atom stereocenters. The first-order valence-electron chi connectivity index (χ1n) is 21.9. The minimum atomic E-state index is -0.821. The number of unbranched alkanes of at least 4 members (excludes halogenated alkanes) is 30. The van der Waals surface area contributed by atoms with Gasteiger partial charge in [0.2, 0.25) is 0 Å². The molecule has 288 valence electrons. The fourth-order valence-corrected chi connectivity index (χ4v) is 7.21. The third-order valence-corrected chi connectivity index (χ3v) is 10.7. The Morgan fingerprint density at radius 1 is 0.551 bits per heavy atom. The van der Waals surface area contributed by atoms with Crippen LogP contribution in [0.25, 0.3) is 0 Å². The van der Waals surface area contributed by atoms with Crippen molar-refractivity contribution in [2.24, 2.45) is 5.92 Å². The van der Waals surface area contributed by atoms with E-state index in [0.29, 0.717) is 19.6 Å². The Morgan fingerprint density at radius 2 is 0.837 bits per heavy atom. The number of ether oxygens (including phenoxy) is 2. The molecule has 0 spiro atoms. The van der Waals surface area contributed by atoms with Gasteiger partial charge in [0.1, 0.15) is 0 Å². The van der Waals surface area contributed by atoms with Crippen LogP contribution in [0, 0.1) is 5.92 Å². The summed E-state index contributed by atoms with van der Waals surface area (Å²) in [6.07, 6.45) is 49.8. The van der Waals surface area contributed by atoms with E-state index in [1.807, 2.05) is 18.2 Å². The van der Waals surface area contributed by atoms with Crippen LogP contribution in [0.15, 0.2) is 23.8 Å². The summed E-state index contributed by atoms with van der Waals surface area (Å²) in [4.78, 5) is 11.7. The molecule has 0 aromatic heterocycles. The van der Waals surface area contributed by atoms with Gasteiger partial charge in [0, 0.05) is 6.42 Å². The van der Waals surface area contributed by atoms with Gasteiger partial charge in [-0.2, -0.15) is 0 Å². The second-order valence-corrected chi connectivity index (χ2v) is 15.5. The van der Waals surface area contributed by atoms with Crippen molar-refractivity contribution in [2.45, 2.75) is 238 Å². The Morgan fingerprint density at radius 3 is 1.12 bits per heavy atom. The number of aliphatic carboxylic acids is 1. The zero-order chi connectivity index (χ0) is 35.5. The summed E-state index contributed by atoms with van der Waals surface area (Å²) in [7, 11) is 0.